The van der Waals surface area contributed by atoms with Crippen molar-refractivity contribution in [3.63, 3.8) is 0 Å². The Hall–Kier alpha value is -1.52. The summed E-state index contributed by atoms with van der Waals surface area (Å²) in [5.41, 5.74) is -4.16. The van der Waals surface area contributed by atoms with E-state index in [9.17, 15) is 30.0 Å². The molecule has 50 heavy (non-hydrogen) atoms. The maximum Gasteiger partial charge on any atom is 0.311 e. The van der Waals surface area contributed by atoms with E-state index in [0.717, 1.165) is 0 Å². The van der Waals surface area contributed by atoms with Crippen molar-refractivity contribution < 1.29 is 58.4 Å². The lowest BCUT2D eigenvalue weighted by Gasteiger charge is -2.48. The number of aliphatic hydroxyl groups excluding tert-OH is 2. The molecule has 0 spiro atoms. The van der Waals surface area contributed by atoms with Gasteiger partial charge in [0.2, 0.25) is 0 Å². The first-order valence-electron chi connectivity index (χ1n) is 18.1. The van der Waals surface area contributed by atoms with Gasteiger partial charge in [-0.1, -0.05) is 20.8 Å². The number of Topliss-reactive ketones (excluding diaryl/α,β-unsaturated/α-hetero) is 1. The fraction of sp³-hybridized carbons (Fsp3) is 0.892. The summed E-state index contributed by atoms with van der Waals surface area (Å²) >= 11 is 0. The number of allylic oxidation sites excluding steroid dienone is 1. The van der Waals surface area contributed by atoms with E-state index in [-0.39, 0.29) is 42.8 Å². The van der Waals surface area contributed by atoms with Crippen molar-refractivity contribution in [1.29, 1.82) is 0 Å². The van der Waals surface area contributed by atoms with E-state index in [4.69, 9.17) is 28.4 Å². The molecule has 290 valence electrons. The van der Waals surface area contributed by atoms with Gasteiger partial charge in [-0.15, -0.1) is 0 Å². The molecule has 3 aliphatic rings. The molecule has 0 aromatic heterocycles. The molecular formula is C37H65NO12. The van der Waals surface area contributed by atoms with Gasteiger partial charge in [0.15, 0.2) is 18.4 Å². The molecule has 2 saturated heterocycles. The highest BCUT2D eigenvalue weighted by molar-refractivity contribution is 5.96. The molecule has 1 unspecified atom stereocenters. The Kier molecular flexibility index (Phi) is 14.3. The second kappa shape index (κ2) is 16.7. The lowest BCUT2D eigenvalue weighted by atomic mass is 9.76. The van der Waals surface area contributed by atoms with Crippen LogP contribution < -0.4 is 0 Å². The van der Waals surface area contributed by atoms with Gasteiger partial charge in [-0.25, -0.2) is 0 Å². The van der Waals surface area contributed by atoms with Gasteiger partial charge in [-0.2, -0.15) is 0 Å². The van der Waals surface area contributed by atoms with Crippen molar-refractivity contribution in [3.05, 3.63) is 11.6 Å². The van der Waals surface area contributed by atoms with Crippen LogP contribution in [0.3, 0.4) is 0 Å². The van der Waals surface area contributed by atoms with Gasteiger partial charge in [0.1, 0.15) is 23.9 Å². The Morgan fingerprint density at radius 2 is 1.60 bits per heavy atom. The van der Waals surface area contributed by atoms with Gasteiger partial charge in [-0.3, -0.25) is 9.59 Å². The number of aliphatic hydroxyl groups is 4. The van der Waals surface area contributed by atoms with Crippen LogP contribution in [0.4, 0.5) is 0 Å². The number of carbonyl (C=O) groups excluding carboxylic acids is 2. The minimum absolute atomic E-state index is 0.0582. The molecule has 3 heterocycles. The number of ether oxygens (including phenoxy) is 6. The second-order valence-electron chi connectivity index (χ2n) is 16.0. The van der Waals surface area contributed by atoms with E-state index in [2.05, 4.69) is 0 Å². The SMILES string of the molecule is CC[C@H]1OC(=O)[C@H](C)[C@@H](O[C@H]2C[C@@](C)(OC)[C@@H](O)[C@H](C)O2)[C@H](C)[C@@H](OC2O[C@H](C)C[C@H](N(C)C)[C@H]2O)[C@@](C)(O)C[C@@H](C)C(=O)C(C)=C[C@]1(C)O. The fourth-order valence-corrected chi connectivity index (χ4v) is 8.09. The third-order valence-corrected chi connectivity index (χ3v) is 11.2. The maximum absolute atomic E-state index is 14.0. The van der Waals surface area contributed by atoms with E-state index in [0.29, 0.717) is 6.42 Å². The van der Waals surface area contributed by atoms with Crippen LogP contribution in [0, 0.1) is 17.8 Å². The van der Waals surface area contributed by atoms with Crippen LogP contribution in [-0.2, 0) is 38.0 Å². The van der Waals surface area contributed by atoms with Crippen LogP contribution in [0.1, 0.15) is 94.9 Å². The summed E-state index contributed by atoms with van der Waals surface area (Å²) in [6.07, 6.45) is -5.98. The first-order chi connectivity index (χ1) is 23.0. The lowest BCUT2D eigenvalue weighted by molar-refractivity contribution is -0.317. The highest BCUT2D eigenvalue weighted by atomic mass is 16.7. The van der Waals surface area contributed by atoms with Gasteiger partial charge in [0, 0.05) is 31.4 Å². The van der Waals surface area contributed by atoms with Crippen LogP contribution in [-0.4, -0.2) is 136 Å². The first-order valence-corrected chi connectivity index (χ1v) is 18.1. The largest absolute Gasteiger partial charge is 0.459 e. The zero-order valence-electron chi connectivity index (χ0n) is 32.4. The van der Waals surface area contributed by atoms with Crippen LogP contribution in [0.2, 0.25) is 0 Å². The zero-order valence-corrected chi connectivity index (χ0v) is 32.4. The minimum atomic E-state index is -1.73. The molecule has 0 bridgehead atoms. The Morgan fingerprint density at radius 1 is 0.980 bits per heavy atom. The quantitative estimate of drug-likeness (QED) is 0.284. The molecule has 3 rings (SSSR count). The summed E-state index contributed by atoms with van der Waals surface area (Å²) in [5.74, 6) is -3.48. The molecule has 0 aliphatic carbocycles. The van der Waals surface area contributed by atoms with Crippen LogP contribution >= 0.6 is 0 Å². The number of esters is 1. The number of ketones is 1. The number of nitrogens with zero attached hydrogens (tertiary/aromatic N) is 1. The Bertz CT molecular complexity index is 1190. The van der Waals surface area contributed by atoms with E-state index in [1.54, 1.807) is 55.4 Å². The molecule has 0 radical (unpaired) electrons. The highest BCUT2D eigenvalue weighted by Crippen LogP contribution is 2.40. The van der Waals surface area contributed by atoms with E-state index in [1.807, 2.05) is 25.9 Å². The smallest absolute Gasteiger partial charge is 0.311 e. The van der Waals surface area contributed by atoms with Crippen molar-refractivity contribution in [2.45, 2.75) is 173 Å². The number of methoxy groups -OCH3 is 1. The molecule has 4 N–H and O–H groups in total. The lowest BCUT2D eigenvalue weighted by Crippen LogP contribution is -2.60. The van der Waals surface area contributed by atoms with Gasteiger partial charge in [0.25, 0.3) is 0 Å². The third kappa shape index (κ3) is 9.52. The van der Waals surface area contributed by atoms with Crippen molar-refractivity contribution in [2.24, 2.45) is 17.8 Å². The number of hydrogen-bond acceptors (Lipinski definition) is 13. The summed E-state index contributed by atoms with van der Waals surface area (Å²) in [4.78, 5) is 29.6. The van der Waals surface area contributed by atoms with Crippen molar-refractivity contribution >= 4 is 11.8 Å². The average Bonchev–Trinajstić information content (AvgIpc) is 3.02. The number of rotatable bonds is 7. The zero-order chi connectivity index (χ0) is 38.1. The first kappa shape index (κ1) is 42.9. The van der Waals surface area contributed by atoms with E-state index < -0.39 is 89.7 Å². The predicted octanol–water partition coefficient (Wildman–Crippen LogP) is 2.73. The van der Waals surface area contributed by atoms with E-state index >= 15 is 0 Å². The number of cyclic esters (lactones) is 1. The van der Waals surface area contributed by atoms with Crippen molar-refractivity contribution in [3.8, 4) is 0 Å². The van der Waals surface area contributed by atoms with Crippen molar-refractivity contribution in [1.82, 2.24) is 4.90 Å². The third-order valence-electron chi connectivity index (χ3n) is 11.2. The number of carbonyl (C=O) groups is 2. The summed E-state index contributed by atoms with van der Waals surface area (Å²) < 4.78 is 37.2. The Balaban J connectivity index is 2.18. The van der Waals surface area contributed by atoms with Gasteiger partial charge < -0.3 is 53.7 Å². The summed E-state index contributed by atoms with van der Waals surface area (Å²) in [5, 5.41) is 46.1. The molecule has 3 aliphatic heterocycles. The fourth-order valence-electron chi connectivity index (χ4n) is 8.09. The topological polar surface area (TPSA) is 174 Å². The molecule has 0 aromatic rings. The van der Waals surface area contributed by atoms with Crippen molar-refractivity contribution in [2.75, 3.05) is 21.2 Å². The number of hydrogen-bond donors (Lipinski definition) is 4. The number of likely N-dealkylation sites (N-methyl/N-ethyl adjacent to an activating group) is 1. The molecule has 0 amide bonds. The molecule has 16 atom stereocenters. The standard InChI is InChI=1S/C37H65NO12/c1-14-26-35(8,43)16-19(2)28(39)20(3)17-36(9,44)32(50-34-29(40)25(38(11)12)15-21(4)46-34)22(5)30(23(6)33(42)48-26)49-27-18-37(10,45-13)31(41)24(7)47-27/h16,20-27,29-32,34,40-41,43-44H,14-15,17-18H2,1-13H3/t20-,21-,22+,23-,24+,25+,26-,27+,29-,30+,31+,32-,34?,35+,36+,37-/m1/s1. The van der Waals surface area contributed by atoms with Gasteiger partial charge in [-0.05, 0) is 93.5 Å². The maximum atomic E-state index is 14.0. The molecule has 13 heteroatoms. The van der Waals surface area contributed by atoms with Gasteiger partial charge in [0.05, 0.1) is 41.5 Å². The van der Waals surface area contributed by atoms with E-state index in [1.165, 1.54) is 20.1 Å². The monoisotopic (exact) mass is 715 g/mol. The normalized spacial score (nSPS) is 47.4. The molecule has 0 aromatic carbocycles. The summed E-state index contributed by atoms with van der Waals surface area (Å²) in [7, 11) is 5.22. The Morgan fingerprint density at radius 3 is 2.16 bits per heavy atom. The molecule has 13 nitrogen and oxygen atoms in total. The molecule has 2 fully saturated rings. The summed E-state index contributed by atoms with van der Waals surface area (Å²) in [6.45, 7) is 16.9. The molecular weight excluding hydrogens is 650 g/mol. The second-order valence-corrected chi connectivity index (χ2v) is 16.0. The highest BCUT2D eigenvalue weighted by Gasteiger charge is 2.52. The van der Waals surface area contributed by atoms with Crippen LogP contribution in [0.15, 0.2) is 11.6 Å². The average molecular weight is 716 g/mol. The summed E-state index contributed by atoms with van der Waals surface area (Å²) in [6, 6.07) is -0.300. The Labute approximate surface area is 298 Å². The van der Waals surface area contributed by atoms with Crippen LogP contribution in [0.5, 0.6) is 0 Å². The molecule has 0 saturated carbocycles. The minimum Gasteiger partial charge on any atom is -0.459 e. The predicted molar refractivity (Wildman–Crippen MR) is 185 cm³/mol. The van der Waals surface area contributed by atoms with Crippen LogP contribution in [0.25, 0.3) is 0 Å². The van der Waals surface area contributed by atoms with Gasteiger partial charge >= 0.3 is 5.97 Å².